The Morgan fingerprint density at radius 2 is 1.86 bits per heavy atom. The van der Waals surface area contributed by atoms with E-state index in [1.54, 1.807) is 24.3 Å². The smallest absolute Gasteiger partial charge is 0.240 e. The molecule has 22 heavy (non-hydrogen) atoms. The summed E-state index contributed by atoms with van der Waals surface area (Å²) in [5.74, 6) is 1.11. The molecular formula is C16H26N2O3S. The monoisotopic (exact) mass is 326 g/mol. The lowest BCUT2D eigenvalue weighted by Gasteiger charge is -2.29. The highest BCUT2D eigenvalue weighted by Gasteiger charge is 2.27. The van der Waals surface area contributed by atoms with Crippen LogP contribution in [0.15, 0.2) is 29.2 Å². The molecule has 0 bridgehead atoms. The van der Waals surface area contributed by atoms with Crippen LogP contribution in [-0.2, 0) is 10.0 Å². The third-order valence-corrected chi connectivity index (χ3v) is 5.35. The minimum Gasteiger partial charge on any atom is -0.493 e. The SMILES string of the molecule is CC(C)COc1ccc(S(=O)(=O)N[C@@H]2CCCC[C@H]2N)cc1. The molecular weight excluding hydrogens is 300 g/mol. The Bertz CT molecular complexity index is 570. The van der Waals surface area contributed by atoms with Crippen LogP contribution in [0.2, 0.25) is 0 Å². The number of hydrogen-bond donors (Lipinski definition) is 2. The molecule has 124 valence electrons. The van der Waals surface area contributed by atoms with Crippen LogP contribution in [0.5, 0.6) is 5.75 Å². The maximum Gasteiger partial charge on any atom is 0.240 e. The molecule has 0 saturated heterocycles. The number of ether oxygens (including phenoxy) is 1. The van der Waals surface area contributed by atoms with Crippen LogP contribution >= 0.6 is 0 Å². The number of nitrogens with one attached hydrogen (secondary N) is 1. The first kappa shape index (κ1) is 17.2. The Kier molecular flexibility index (Phi) is 5.83. The topological polar surface area (TPSA) is 81.4 Å². The highest BCUT2D eigenvalue weighted by Crippen LogP contribution is 2.21. The summed E-state index contributed by atoms with van der Waals surface area (Å²) >= 11 is 0. The maximum atomic E-state index is 12.4. The summed E-state index contributed by atoms with van der Waals surface area (Å²) in [7, 11) is -3.53. The first-order chi connectivity index (χ1) is 10.4. The highest BCUT2D eigenvalue weighted by molar-refractivity contribution is 7.89. The number of hydrogen-bond acceptors (Lipinski definition) is 4. The van der Waals surface area contributed by atoms with Gasteiger partial charge in [0, 0.05) is 12.1 Å². The zero-order valence-corrected chi connectivity index (χ0v) is 14.1. The molecule has 0 amide bonds. The molecule has 1 aliphatic rings. The molecule has 1 aliphatic carbocycles. The van der Waals surface area contributed by atoms with E-state index in [4.69, 9.17) is 10.5 Å². The summed E-state index contributed by atoms with van der Waals surface area (Å²) in [5.41, 5.74) is 6.01. The maximum absolute atomic E-state index is 12.4. The van der Waals surface area contributed by atoms with Gasteiger partial charge in [-0.2, -0.15) is 0 Å². The van der Waals surface area contributed by atoms with Crippen molar-refractivity contribution in [2.75, 3.05) is 6.61 Å². The molecule has 3 N–H and O–H groups in total. The molecule has 6 heteroatoms. The largest absolute Gasteiger partial charge is 0.493 e. The van der Waals surface area contributed by atoms with Gasteiger partial charge in [-0.15, -0.1) is 0 Å². The summed E-state index contributed by atoms with van der Waals surface area (Å²) in [4.78, 5) is 0.252. The van der Waals surface area contributed by atoms with Crippen LogP contribution in [0, 0.1) is 5.92 Å². The predicted molar refractivity (Wildman–Crippen MR) is 87.3 cm³/mol. The third-order valence-electron chi connectivity index (χ3n) is 3.84. The molecule has 0 aliphatic heterocycles. The van der Waals surface area contributed by atoms with E-state index in [1.807, 2.05) is 0 Å². The summed E-state index contributed by atoms with van der Waals surface area (Å²) in [6, 6.07) is 6.27. The van der Waals surface area contributed by atoms with Gasteiger partial charge >= 0.3 is 0 Å². The second-order valence-corrected chi connectivity index (χ2v) is 8.07. The van der Waals surface area contributed by atoms with Gasteiger partial charge in [0.05, 0.1) is 11.5 Å². The van der Waals surface area contributed by atoms with Crippen molar-refractivity contribution in [3.63, 3.8) is 0 Å². The summed E-state index contributed by atoms with van der Waals surface area (Å²) in [6.07, 6.45) is 3.76. The Balaban J connectivity index is 2.02. The molecule has 0 aromatic heterocycles. The van der Waals surface area contributed by atoms with Crippen molar-refractivity contribution in [2.45, 2.75) is 56.5 Å². The van der Waals surface area contributed by atoms with Crippen molar-refractivity contribution >= 4 is 10.0 Å². The molecule has 1 saturated carbocycles. The van der Waals surface area contributed by atoms with Gasteiger partial charge < -0.3 is 10.5 Å². The van der Waals surface area contributed by atoms with Crippen LogP contribution in [0.4, 0.5) is 0 Å². The van der Waals surface area contributed by atoms with Crippen molar-refractivity contribution in [1.29, 1.82) is 0 Å². The van der Waals surface area contributed by atoms with E-state index in [9.17, 15) is 8.42 Å². The van der Waals surface area contributed by atoms with Gasteiger partial charge in [0.25, 0.3) is 0 Å². The summed E-state index contributed by atoms with van der Waals surface area (Å²) in [6.45, 7) is 4.74. The number of benzene rings is 1. The van der Waals surface area contributed by atoms with Gasteiger partial charge in [0.2, 0.25) is 10.0 Å². The van der Waals surface area contributed by atoms with Crippen LogP contribution in [0.3, 0.4) is 0 Å². The molecule has 0 spiro atoms. The van der Waals surface area contributed by atoms with Crippen molar-refractivity contribution < 1.29 is 13.2 Å². The molecule has 0 unspecified atom stereocenters. The quantitative estimate of drug-likeness (QED) is 0.840. The Labute approximate surface area is 133 Å². The van der Waals surface area contributed by atoms with Gasteiger partial charge in [0.1, 0.15) is 5.75 Å². The Hall–Kier alpha value is -1.11. The van der Waals surface area contributed by atoms with Gasteiger partial charge in [0.15, 0.2) is 0 Å². The lowest BCUT2D eigenvalue weighted by Crippen LogP contribution is -2.49. The molecule has 1 aromatic carbocycles. The van der Waals surface area contributed by atoms with Crippen molar-refractivity contribution in [1.82, 2.24) is 4.72 Å². The fourth-order valence-corrected chi connectivity index (χ4v) is 3.87. The average molecular weight is 326 g/mol. The summed E-state index contributed by atoms with van der Waals surface area (Å²) < 4.78 is 33.1. The molecule has 1 aromatic rings. The highest BCUT2D eigenvalue weighted by atomic mass is 32.2. The van der Waals surface area contributed by atoms with Crippen molar-refractivity contribution in [2.24, 2.45) is 11.7 Å². The molecule has 2 rings (SSSR count). The van der Waals surface area contributed by atoms with Gasteiger partial charge in [-0.3, -0.25) is 0 Å². The summed E-state index contributed by atoms with van der Waals surface area (Å²) in [5, 5.41) is 0. The molecule has 1 fully saturated rings. The third kappa shape index (κ3) is 4.69. The minimum absolute atomic E-state index is 0.0998. The number of rotatable bonds is 6. The van der Waals surface area contributed by atoms with E-state index >= 15 is 0 Å². The number of sulfonamides is 1. The fraction of sp³-hybridized carbons (Fsp3) is 0.625. The van der Waals surface area contributed by atoms with E-state index in [2.05, 4.69) is 18.6 Å². The van der Waals surface area contributed by atoms with Crippen LogP contribution < -0.4 is 15.2 Å². The van der Waals surface area contributed by atoms with E-state index < -0.39 is 10.0 Å². The minimum atomic E-state index is -3.53. The number of nitrogens with two attached hydrogens (primary N) is 1. The molecule has 2 atom stereocenters. The second kappa shape index (κ2) is 7.44. The average Bonchev–Trinajstić information content (AvgIpc) is 2.48. The van der Waals surface area contributed by atoms with Gasteiger partial charge in [-0.1, -0.05) is 26.7 Å². The van der Waals surface area contributed by atoms with Crippen molar-refractivity contribution in [3.05, 3.63) is 24.3 Å². The Morgan fingerprint density at radius 3 is 2.45 bits per heavy atom. The lowest BCUT2D eigenvalue weighted by molar-refractivity contribution is 0.271. The predicted octanol–water partition coefficient (Wildman–Crippen LogP) is 2.27. The molecule has 0 heterocycles. The molecule has 0 radical (unpaired) electrons. The van der Waals surface area contributed by atoms with Gasteiger partial charge in [-0.25, -0.2) is 13.1 Å². The van der Waals surface area contributed by atoms with Crippen LogP contribution in [0.1, 0.15) is 39.5 Å². The molecule has 5 nitrogen and oxygen atoms in total. The standard InChI is InChI=1S/C16H26N2O3S/c1-12(2)11-21-13-7-9-14(10-8-13)22(19,20)18-16-6-4-3-5-15(16)17/h7-10,12,15-16,18H,3-6,11,17H2,1-2H3/t15-,16-/m1/s1. The van der Waals surface area contributed by atoms with E-state index in [-0.39, 0.29) is 17.0 Å². The van der Waals surface area contributed by atoms with Gasteiger partial charge in [-0.05, 0) is 43.0 Å². The zero-order chi connectivity index (χ0) is 16.2. The fourth-order valence-electron chi connectivity index (χ4n) is 2.55. The second-order valence-electron chi connectivity index (χ2n) is 6.35. The first-order valence-corrected chi connectivity index (χ1v) is 9.37. The van der Waals surface area contributed by atoms with E-state index in [1.165, 1.54) is 0 Å². The Morgan fingerprint density at radius 1 is 1.23 bits per heavy atom. The first-order valence-electron chi connectivity index (χ1n) is 7.89. The normalized spacial score (nSPS) is 22.7. The zero-order valence-electron chi connectivity index (χ0n) is 13.3. The van der Waals surface area contributed by atoms with Crippen LogP contribution in [-0.4, -0.2) is 27.1 Å². The van der Waals surface area contributed by atoms with E-state index in [0.717, 1.165) is 25.7 Å². The van der Waals surface area contributed by atoms with Crippen molar-refractivity contribution in [3.8, 4) is 5.75 Å². The van der Waals surface area contributed by atoms with Crippen LogP contribution in [0.25, 0.3) is 0 Å². The lowest BCUT2D eigenvalue weighted by atomic mass is 9.92. The van der Waals surface area contributed by atoms with E-state index in [0.29, 0.717) is 18.3 Å².